The first kappa shape index (κ1) is 24.5. The number of Topliss-reactive ketones (excluding diaryl/α,β-unsaturated/α-hetero) is 1. The van der Waals surface area contributed by atoms with Crippen molar-refractivity contribution in [2.75, 3.05) is 6.61 Å². The molecule has 0 aromatic heterocycles. The van der Waals surface area contributed by atoms with Crippen LogP contribution in [0.3, 0.4) is 0 Å². The van der Waals surface area contributed by atoms with E-state index in [-0.39, 0.29) is 11.8 Å². The zero-order valence-electron chi connectivity index (χ0n) is 17.1. The smallest absolute Gasteiger partial charge is 0.316 e. The summed E-state index contributed by atoms with van der Waals surface area (Å²) >= 11 is 0. The fourth-order valence-electron chi connectivity index (χ4n) is 3.00. The number of hydrogen-bond donors (Lipinski definition) is 0. The highest BCUT2D eigenvalue weighted by atomic mass is 31.0. The van der Waals surface area contributed by atoms with Crippen molar-refractivity contribution in [2.45, 2.75) is 67.2 Å². The third kappa shape index (κ3) is 7.78. The van der Waals surface area contributed by atoms with Gasteiger partial charge in [0.15, 0.2) is 5.78 Å². The van der Waals surface area contributed by atoms with Gasteiger partial charge in [-0.25, -0.2) is 0 Å². The van der Waals surface area contributed by atoms with Crippen LogP contribution in [0.15, 0.2) is 12.1 Å². The maximum absolute atomic E-state index is 13.0. The Balaban J connectivity index is 0.00000301. The number of rotatable bonds is 9. The van der Waals surface area contributed by atoms with Gasteiger partial charge in [0.1, 0.15) is 5.92 Å². The van der Waals surface area contributed by atoms with Crippen LogP contribution in [-0.4, -0.2) is 18.4 Å². The summed E-state index contributed by atoms with van der Waals surface area (Å²) in [5, 5.41) is 0. The summed E-state index contributed by atoms with van der Waals surface area (Å²) in [6.07, 6.45) is 3.18. The Kier molecular flexibility index (Phi) is 12.0. The molecule has 4 nitrogen and oxygen atoms in total. The van der Waals surface area contributed by atoms with Crippen LogP contribution in [0.4, 0.5) is 0 Å². The van der Waals surface area contributed by atoms with Gasteiger partial charge in [0.2, 0.25) is 0 Å². The normalized spacial score (nSPS) is 11.5. The largest absolute Gasteiger partial charge is 0.465 e. The molecule has 2 atom stereocenters. The van der Waals surface area contributed by atoms with Gasteiger partial charge in [-0.15, -0.1) is 0 Å². The lowest BCUT2D eigenvalue weighted by Crippen LogP contribution is -2.28. The molecule has 0 heterocycles. The van der Waals surface area contributed by atoms with E-state index in [0.29, 0.717) is 24.5 Å². The van der Waals surface area contributed by atoms with Crippen LogP contribution in [0.25, 0.3) is 0 Å². The Morgan fingerprint density at radius 1 is 1.04 bits per heavy atom. The Morgan fingerprint density at radius 3 is 2.04 bits per heavy atom. The Hall–Kier alpha value is -1.54. The minimum Gasteiger partial charge on any atom is -0.465 e. The zero-order chi connectivity index (χ0) is 20.3. The number of benzene rings is 1. The average Bonchev–Trinajstić information content (AvgIpc) is 2.55. The summed E-state index contributed by atoms with van der Waals surface area (Å²) in [4.78, 5) is 25.5. The Morgan fingerprint density at radius 2 is 1.58 bits per heavy atom. The van der Waals surface area contributed by atoms with E-state index < -0.39 is 5.92 Å². The van der Waals surface area contributed by atoms with Crippen molar-refractivity contribution in [1.82, 2.24) is 0 Å². The highest BCUT2D eigenvalue weighted by Crippen LogP contribution is 2.24. The molecule has 0 saturated heterocycles. The fraction of sp³-hybridized carbons (Fsp3) is 0.619. The van der Waals surface area contributed by atoms with Gasteiger partial charge in [-0.3, -0.25) is 9.59 Å². The summed E-state index contributed by atoms with van der Waals surface area (Å²) in [6.45, 7) is 12.5. The molecule has 146 valence electrons. The molecule has 1 aromatic rings. The van der Waals surface area contributed by atoms with Crippen LogP contribution in [0, 0.1) is 32.6 Å². The van der Waals surface area contributed by atoms with E-state index >= 15 is 0 Å². The first-order valence-electron chi connectivity index (χ1n) is 9.30. The molecule has 0 amide bonds. The Bertz CT molecular complexity index is 573. The molecule has 0 aliphatic carbocycles. The third-order valence-electron chi connectivity index (χ3n) is 4.31. The van der Waals surface area contributed by atoms with Crippen LogP contribution < -0.4 is 0 Å². The van der Waals surface area contributed by atoms with E-state index in [1.807, 2.05) is 32.9 Å². The summed E-state index contributed by atoms with van der Waals surface area (Å²) in [5.41, 5.74) is 3.69. The number of hydrogen-bond acceptors (Lipinski definition) is 4. The molecule has 0 aliphatic rings. The standard InChI is InChI=1S/C21H32O3.H2OP/c1-7-8-9-18(21(23)24-11-10-14(2)3)20(22)19-16(5)12-15(4)13-17(19)6;1-2/h12-14,18H,7-11H2,1-6H3;2H2/q;+1. The lowest BCUT2D eigenvalue weighted by Gasteiger charge is -2.18. The van der Waals surface area contributed by atoms with Gasteiger partial charge in [-0.2, -0.15) is 0 Å². The average molecular weight is 381 g/mol. The zero-order valence-corrected chi connectivity index (χ0v) is 18.2. The maximum atomic E-state index is 13.0. The molecule has 0 spiro atoms. The number of carbonyl (C=O) groups excluding carboxylic acids is 2. The monoisotopic (exact) mass is 381 g/mol. The van der Waals surface area contributed by atoms with Gasteiger partial charge in [0.05, 0.1) is 6.61 Å². The van der Waals surface area contributed by atoms with Gasteiger partial charge < -0.3 is 4.74 Å². The summed E-state index contributed by atoms with van der Waals surface area (Å²) < 4.78 is 13.6. The van der Waals surface area contributed by atoms with E-state index in [4.69, 9.17) is 9.30 Å². The highest BCUT2D eigenvalue weighted by molar-refractivity contribution is 7.00. The first-order valence-corrected chi connectivity index (χ1v) is 9.77. The number of ether oxygens (including phenoxy) is 1. The van der Waals surface area contributed by atoms with Gasteiger partial charge in [0, 0.05) is 5.56 Å². The van der Waals surface area contributed by atoms with Gasteiger partial charge in [0.25, 0.3) is 0 Å². The van der Waals surface area contributed by atoms with E-state index in [1.54, 1.807) is 0 Å². The minimum atomic E-state index is -0.683. The predicted octanol–water partition coefficient (Wildman–Crippen LogP) is 5.40. The molecule has 26 heavy (non-hydrogen) atoms. The molecule has 0 fully saturated rings. The van der Waals surface area contributed by atoms with Crippen LogP contribution in [0.1, 0.15) is 73.5 Å². The van der Waals surface area contributed by atoms with Gasteiger partial charge in [-0.1, -0.05) is 55.9 Å². The fourth-order valence-corrected chi connectivity index (χ4v) is 3.00. The molecule has 0 N–H and O–H groups in total. The van der Waals surface area contributed by atoms with Crippen molar-refractivity contribution in [1.29, 1.82) is 0 Å². The second-order valence-electron chi connectivity index (χ2n) is 7.18. The summed E-state index contributed by atoms with van der Waals surface area (Å²) in [6, 6.07) is 4.00. The molecular weight excluding hydrogens is 347 g/mol. The molecule has 0 radical (unpaired) electrons. The summed E-state index contributed by atoms with van der Waals surface area (Å²) in [5.74, 6) is -0.664. The topological polar surface area (TPSA) is 60.4 Å². The number of unbranched alkanes of at least 4 members (excludes halogenated alkanes) is 1. The highest BCUT2D eigenvalue weighted by Gasteiger charge is 2.30. The van der Waals surface area contributed by atoms with E-state index in [1.165, 1.54) is 9.12 Å². The number of ketones is 1. The van der Waals surface area contributed by atoms with E-state index in [2.05, 4.69) is 20.8 Å². The number of esters is 1. The van der Waals surface area contributed by atoms with Crippen molar-refractivity contribution < 1.29 is 18.9 Å². The summed E-state index contributed by atoms with van der Waals surface area (Å²) in [7, 11) is 1.17. The first-order chi connectivity index (χ1) is 12.3. The molecule has 0 bridgehead atoms. The quantitative estimate of drug-likeness (QED) is 0.249. The molecule has 1 aromatic carbocycles. The van der Waals surface area contributed by atoms with Crippen molar-refractivity contribution in [3.8, 4) is 0 Å². The maximum Gasteiger partial charge on any atom is 0.316 e. The van der Waals surface area contributed by atoms with Crippen LogP contribution >= 0.6 is 9.12 Å². The number of carbonyl (C=O) groups is 2. The van der Waals surface area contributed by atoms with Gasteiger partial charge in [-0.05, 0) is 50.7 Å². The SMILES string of the molecule is CCCCC(C(=O)OCCC(C)C)C(=O)c1c(C)cc(C)cc1C.O=[PH2+]. The molecule has 5 heteroatoms. The second-order valence-corrected chi connectivity index (χ2v) is 7.18. The van der Waals surface area contributed by atoms with Crippen LogP contribution in [0.2, 0.25) is 0 Å². The van der Waals surface area contributed by atoms with Crippen LogP contribution in [0.5, 0.6) is 0 Å². The third-order valence-corrected chi connectivity index (χ3v) is 4.31. The van der Waals surface area contributed by atoms with Crippen LogP contribution in [-0.2, 0) is 14.1 Å². The van der Waals surface area contributed by atoms with Crippen molar-refractivity contribution in [2.24, 2.45) is 11.8 Å². The number of aryl methyl sites for hydroxylation is 3. The minimum absolute atomic E-state index is 0.0898. The molecule has 0 saturated carbocycles. The Labute approximate surface area is 160 Å². The van der Waals surface area contributed by atoms with Crippen molar-refractivity contribution in [3.05, 3.63) is 34.4 Å². The van der Waals surface area contributed by atoms with Crippen molar-refractivity contribution >= 4 is 20.9 Å². The molecule has 1 rings (SSSR count). The lowest BCUT2D eigenvalue weighted by molar-refractivity contribution is -0.147. The van der Waals surface area contributed by atoms with Crippen molar-refractivity contribution in [3.63, 3.8) is 0 Å². The van der Waals surface area contributed by atoms with E-state index in [0.717, 1.165) is 36.0 Å². The van der Waals surface area contributed by atoms with E-state index in [9.17, 15) is 9.59 Å². The predicted molar refractivity (Wildman–Crippen MR) is 109 cm³/mol. The lowest BCUT2D eigenvalue weighted by atomic mass is 9.87. The molecule has 2 unspecified atom stereocenters. The second kappa shape index (κ2) is 12.8. The molecule has 0 aliphatic heterocycles. The molecular formula is C21H34O4P+. The van der Waals surface area contributed by atoms with Gasteiger partial charge >= 0.3 is 15.1 Å².